The van der Waals surface area contributed by atoms with Crippen molar-refractivity contribution in [3.05, 3.63) is 119 Å². The third-order valence-electron chi connectivity index (χ3n) is 8.18. The maximum absolute atomic E-state index is 14.0. The Bertz CT molecular complexity index is 1880. The van der Waals surface area contributed by atoms with E-state index in [1.165, 1.54) is 4.90 Å². The Kier molecular flexibility index (Phi) is 9.69. The number of ether oxygens (including phenoxy) is 1. The molecule has 4 aromatic rings. The fourth-order valence-electron chi connectivity index (χ4n) is 5.46. The van der Waals surface area contributed by atoms with Crippen LogP contribution in [-0.2, 0) is 37.8 Å². The lowest BCUT2D eigenvalue weighted by atomic mass is 9.89. The minimum Gasteiger partial charge on any atom is -0.480 e. The zero-order valence-corrected chi connectivity index (χ0v) is 26.0. The number of amides is 5. The van der Waals surface area contributed by atoms with E-state index in [0.717, 1.165) is 21.2 Å². The summed E-state index contributed by atoms with van der Waals surface area (Å²) in [6, 6.07) is 26.3. The van der Waals surface area contributed by atoms with Crippen LogP contribution in [0.5, 0.6) is 0 Å². The summed E-state index contributed by atoms with van der Waals surface area (Å²) < 4.78 is 5.07. The molecule has 0 bridgehead atoms. The minimum atomic E-state index is -1.54. The first kappa shape index (κ1) is 33.1. The van der Waals surface area contributed by atoms with Gasteiger partial charge in [0, 0.05) is 18.7 Å². The molecule has 0 saturated carbocycles. The molecule has 246 valence electrons. The Balaban J connectivity index is 1.31. The van der Waals surface area contributed by atoms with Gasteiger partial charge in [0.15, 0.2) is 0 Å². The molecule has 0 spiro atoms. The second-order valence-corrected chi connectivity index (χ2v) is 11.4. The predicted octanol–water partition coefficient (Wildman–Crippen LogP) is 3.30. The van der Waals surface area contributed by atoms with Crippen molar-refractivity contribution < 1.29 is 33.8 Å². The lowest BCUT2D eigenvalue weighted by molar-refractivity contribution is -0.140. The van der Waals surface area contributed by atoms with Crippen molar-refractivity contribution in [3.63, 3.8) is 0 Å². The first-order valence-corrected chi connectivity index (χ1v) is 15.0. The van der Waals surface area contributed by atoms with Gasteiger partial charge in [0.1, 0.15) is 30.6 Å². The maximum Gasteiger partial charge on any atom is 0.408 e. The molecule has 0 unspecified atom stereocenters. The number of rotatable bonds is 12. The molecule has 5 amide bonds. The van der Waals surface area contributed by atoms with E-state index in [2.05, 4.69) is 10.6 Å². The van der Waals surface area contributed by atoms with Gasteiger partial charge < -0.3 is 31.1 Å². The van der Waals surface area contributed by atoms with Crippen LogP contribution in [0.2, 0.25) is 0 Å². The Morgan fingerprint density at radius 1 is 0.917 bits per heavy atom. The molecule has 2 atom stereocenters. The van der Waals surface area contributed by atoms with Crippen molar-refractivity contribution in [3.8, 4) is 0 Å². The quantitative estimate of drug-likeness (QED) is 0.0875. The molecule has 1 saturated heterocycles. The number of aliphatic carboxylic acids is 1. The number of carbonyl (C=O) groups excluding carboxylic acids is 4. The lowest BCUT2D eigenvalue weighted by Gasteiger charge is -2.32. The highest BCUT2D eigenvalue weighted by atomic mass is 16.5. The molecule has 6 N–H and O–H groups in total. The number of alkyl carbamates (subject to hydrolysis) is 1. The monoisotopic (exact) mass is 650 g/mol. The van der Waals surface area contributed by atoms with Crippen LogP contribution in [0.25, 0.3) is 10.8 Å². The van der Waals surface area contributed by atoms with Crippen LogP contribution < -0.4 is 16.4 Å². The molecular weight excluding hydrogens is 616 g/mol. The van der Waals surface area contributed by atoms with Crippen molar-refractivity contribution in [1.82, 2.24) is 20.4 Å². The van der Waals surface area contributed by atoms with E-state index < -0.39 is 54.6 Å². The van der Waals surface area contributed by atoms with Gasteiger partial charge in [-0.05, 0) is 40.5 Å². The van der Waals surface area contributed by atoms with E-state index in [9.17, 15) is 29.1 Å². The number of carbonyl (C=O) groups is 5. The largest absolute Gasteiger partial charge is 0.480 e. The first-order valence-electron chi connectivity index (χ1n) is 15.0. The average molecular weight is 651 g/mol. The number of imide groups is 1. The summed E-state index contributed by atoms with van der Waals surface area (Å²) in [4.78, 5) is 67.2. The van der Waals surface area contributed by atoms with Gasteiger partial charge in [-0.1, -0.05) is 91.0 Å². The van der Waals surface area contributed by atoms with Crippen LogP contribution in [-0.4, -0.2) is 69.8 Å². The summed E-state index contributed by atoms with van der Waals surface area (Å²) in [5.41, 5.74) is 6.41. The van der Waals surface area contributed by atoms with E-state index in [4.69, 9.17) is 15.9 Å². The number of benzene rings is 4. The maximum atomic E-state index is 14.0. The van der Waals surface area contributed by atoms with Crippen molar-refractivity contribution in [2.24, 2.45) is 5.73 Å². The summed E-state index contributed by atoms with van der Waals surface area (Å²) in [7, 11) is 0. The molecule has 1 aliphatic heterocycles. The van der Waals surface area contributed by atoms with Crippen molar-refractivity contribution in [2.75, 3.05) is 13.1 Å². The Morgan fingerprint density at radius 3 is 2.25 bits per heavy atom. The normalized spacial score (nSPS) is 16.4. The minimum absolute atomic E-state index is 0.0363. The number of urea groups is 1. The number of carboxylic acid groups (broad SMARTS) is 1. The fourth-order valence-corrected chi connectivity index (χ4v) is 5.46. The average Bonchev–Trinajstić information content (AvgIpc) is 3.26. The number of hydrogen-bond donors (Lipinski definition) is 5. The molecule has 13 nitrogen and oxygen atoms in total. The number of hydrogen-bond acceptors (Lipinski definition) is 7. The standard InChI is InChI=1S/C35H34N6O7/c1-35(27-15-13-25(14-16-27)30(36)37)32(45)40(34(47)41(35)19-23-11-12-24-9-5-6-10-26(24)17-23)20-29(42)38-18-28(31(43)44)39-33(46)48-21-22-7-3-2-4-8-22/h2-17,28H,18-21H2,1H3,(H3,36,37)(H,38,42)(H,39,46)(H,43,44)/t28-,35-/m1/s1. The van der Waals surface area contributed by atoms with Crippen LogP contribution in [0, 0.1) is 5.41 Å². The molecule has 1 fully saturated rings. The molecule has 1 heterocycles. The lowest BCUT2D eigenvalue weighted by Crippen LogP contribution is -2.50. The molecule has 0 aliphatic carbocycles. The van der Waals surface area contributed by atoms with Crippen LogP contribution in [0.1, 0.15) is 29.2 Å². The van der Waals surface area contributed by atoms with Crippen LogP contribution in [0.4, 0.5) is 9.59 Å². The Morgan fingerprint density at radius 2 is 1.58 bits per heavy atom. The van der Waals surface area contributed by atoms with Crippen LogP contribution in [0.15, 0.2) is 97.1 Å². The fraction of sp³-hybridized carbons (Fsp3) is 0.200. The number of carboxylic acids is 1. The van der Waals surface area contributed by atoms with E-state index in [1.807, 2.05) is 42.5 Å². The summed E-state index contributed by atoms with van der Waals surface area (Å²) in [5, 5.41) is 23.9. The van der Waals surface area contributed by atoms with Gasteiger partial charge >= 0.3 is 18.1 Å². The molecule has 5 rings (SSSR count). The highest BCUT2D eigenvalue weighted by molar-refractivity contribution is 6.09. The van der Waals surface area contributed by atoms with Crippen molar-refractivity contribution in [1.29, 1.82) is 5.41 Å². The number of nitrogens with zero attached hydrogens (tertiary/aromatic N) is 2. The second-order valence-electron chi connectivity index (χ2n) is 11.4. The van der Waals surface area contributed by atoms with E-state index >= 15 is 0 Å². The number of nitrogens with one attached hydrogen (secondary N) is 3. The topological polar surface area (TPSA) is 195 Å². The summed E-state index contributed by atoms with van der Waals surface area (Å²) >= 11 is 0. The summed E-state index contributed by atoms with van der Waals surface area (Å²) in [6.45, 7) is 0.304. The Labute approximate surface area is 275 Å². The van der Waals surface area contributed by atoms with E-state index in [0.29, 0.717) is 16.7 Å². The zero-order valence-electron chi connectivity index (χ0n) is 26.0. The van der Waals surface area contributed by atoms with Gasteiger partial charge in [0.05, 0.1) is 0 Å². The van der Waals surface area contributed by atoms with Gasteiger partial charge in [-0.2, -0.15) is 0 Å². The van der Waals surface area contributed by atoms with Crippen molar-refractivity contribution >= 4 is 46.5 Å². The number of amidine groups is 1. The smallest absolute Gasteiger partial charge is 0.408 e. The third kappa shape index (κ3) is 7.09. The molecule has 13 heteroatoms. The summed E-state index contributed by atoms with van der Waals surface area (Å²) in [6.07, 6.45) is -0.999. The first-order chi connectivity index (χ1) is 23.0. The molecule has 0 aromatic heterocycles. The third-order valence-corrected chi connectivity index (χ3v) is 8.18. The van der Waals surface area contributed by atoms with Crippen molar-refractivity contribution in [2.45, 2.75) is 31.7 Å². The van der Waals surface area contributed by atoms with Gasteiger partial charge in [-0.3, -0.25) is 19.9 Å². The number of nitrogen functional groups attached to an aromatic ring is 1. The molecular formula is C35H34N6O7. The Hall–Kier alpha value is -6.24. The van der Waals surface area contributed by atoms with Gasteiger partial charge in [-0.25, -0.2) is 14.4 Å². The SMILES string of the molecule is C[C@@]1(c2ccc(C(=N)N)cc2)C(=O)N(CC(=O)NC[C@@H](NC(=O)OCc2ccccc2)C(=O)O)C(=O)N1Cc1ccc2ccccc2c1. The molecule has 1 aliphatic rings. The number of nitrogens with two attached hydrogens (primary N) is 1. The van der Waals surface area contributed by atoms with Gasteiger partial charge in [-0.15, -0.1) is 0 Å². The van der Waals surface area contributed by atoms with Crippen LogP contribution >= 0.6 is 0 Å². The van der Waals surface area contributed by atoms with E-state index in [-0.39, 0.29) is 19.0 Å². The molecule has 0 radical (unpaired) electrons. The molecule has 48 heavy (non-hydrogen) atoms. The molecule has 4 aromatic carbocycles. The highest BCUT2D eigenvalue weighted by Crippen LogP contribution is 2.38. The zero-order chi connectivity index (χ0) is 34.4. The highest BCUT2D eigenvalue weighted by Gasteiger charge is 2.55. The summed E-state index contributed by atoms with van der Waals surface area (Å²) in [5.74, 6) is -3.07. The second kappa shape index (κ2) is 14.0. The van der Waals surface area contributed by atoms with E-state index in [1.54, 1.807) is 61.5 Å². The number of fused-ring (bicyclic) bond motifs is 1. The predicted molar refractivity (Wildman–Crippen MR) is 176 cm³/mol. The van der Waals surface area contributed by atoms with Crippen LogP contribution in [0.3, 0.4) is 0 Å². The van der Waals surface area contributed by atoms with Gasteiger partial charge in [0.2, 0.25) is 5.91 Å². The van der Waals surface area contributed by atoms with Gasteiger partial charge in [0.25, 0.3) is 5.91 Å².